The fraction of sp³-hybridized carbons (Fsp3) is 0.250. The minimum absolute atomic E-state index is 1.11. The van der Waals surface area contributed by atoms with E-state index in [9.17, 15) is 0 Å². The predicted molar refractivity (Wildman–Crippen MR) is 31.2 cm³/mol. The van der Waals surface area contributed by atoms with E-state index in [1.54, 1.807) is 6.20 Å². The van der Waals surface area contributed by atoms with Gasteiger partial charge in [-0.15, -0.1) is 4.40 Å². The van der Waals surface area contributed by atoms with Crippen LogP contribution in [0.2, 0.25) is 0 Å². The van der Waals surface area contributed by atoms with E-state index in [0.29, 0.717) is 0 Å². The van der Waals surface area contributed by atoms with Gasteiger partial charge in [-0.3, -0.25) is 0 Å². The maximum absolute atomic E-state index is 3.69. The lowest BCUT2D eigenvalue weighted by Crippen LogP contribution is -1.66. The lowest BCUT2D eigenvalue weighted by atomic mass is 10.7. The highest BCUT2D eigenvalue weighted by molar-refractivity contribution is 8.01. The Kier molecular flexibility index (Phi) is 1.29. The van der Waals surface area contributed by atoms with Crippen LogP contribution in [-0.2, 0) is 0 Å². The molecule has 0 atom stereocenters. The molecule has 3 heteroatoms. The lowest BCUT2D eigenvalue weighted by Gasteiger charge is -1.88. The number of hydrogen-bond donors (Lipinski definition) is 0. The van der Waals surface area contributed by atoms with Crippen molar-refractivity contribution in [2.75, 3.05) is 0 Å². The van der Waals surface area contributed by atoms with Gasteiger partial charge in [-0.1, -0.05) is 0 Å². The summed E-state index contributed by atoms with van der Waals surface area (Å²) in [7, 11) is 0. The van der Waals surface area contributed by atoms with Crippen molar-refractivity contribution in [3.8, 4) is 0 Å². The van der Waals surface area contributed by atoms with Gasteiger partial charge in [0.05, 0.1) is 0 Å². The van der Waals surface area contributed by atoms with Crippen molar-refractivity contribution in [2.45, 2.75) is 6.92 Å². The van der Waals surface area contributed by atoms with Crippen LogP contribution in [-0.4, -0.2) is 6.01 Å². The molecule has 0 spiro atoms. The average Bonchev–Trinajstić information content (AvgIpc) is 1.69. The number of allylic oxidation sites excluding steroid dienone is 1. The molecule has 0 aromatic carbocycles. The third-order valence-electron chi connectivity index (χ3n) is 0.535. The molecular formula is C4H4N2S. The summed E-state index contributed by atoms with van der Waals surface area (Å²) in [5.74, 6) is 0. The predicted octanol–water partition coefficient (Wildman–Crippen LogP) is 1.68. The Labute approximate surface area is 46.2 Å². The van der Waals surface area contributed by atoms with Crippen LogP contribution in [0.3, 0.4) is 0 Å². The van der Waals surface area contributed by atoms with Crippen molar-refractivity contribution in [1.29, 1.82) is 0 Å². The Hall–Kier alpha value is -0.530. The third kappa shape index (κ3) is 1.18. The molecule has 0 saturated carbocycles. The molecule has 0 N–H and O–H groups in total. The molecule has 1 aliphatic rings. The monoisotopic (exact) mass is 112 g/mol. The zero-order valence-electron chi connectivity index (χ0n) is 3.88. The highest BCUT2D eigenvalue weighted by Crippen LogP contribution is 2.16. The quantitative estimate of drug-likeness (QED) is 0.437. The molecule has 0 bridgehead atoms. The summed E-state index contributed by atoms with van der Waals surface area (Å²) in [4.78, 5) is 4.77. The van der Waals surface area contributed by atoms with Crippen molar-refractivity contribution in [3.05, 3.63) is 11.1 Å². The van der Waals surface area contributed by atoms with Gasteiger partial charge in [0.1, 0.15) is 6.01 Å². The SMILES string of the molecule is CC1=CN=C=NS1. The maximum Gasteiger partial charge on any atom is 0.107 e. The summed E-state index contributed by atoms with van der Waals surface area (Å²) in [6, 6.07) is 2.45. The van der Waals surface area contributed by atoms with Crippen LogP contribution in [0, 0.1) is 0 Å². The van der Waals surface area contributed by atoms with Crippen LogP contribution < -0.4 is 0 Å². The minimum atomic E-state index is 1.11. The first-order valence-electron chi connectivity index (χ1n) is 1.88. The summed E-state index contributed by atoms with van der Waals surface area (Å²) in [5, 5.41) is 0. The average molecular weight is 112 g/mol. The number of aliphatic imine (C=N–C) groups is 1. The van der Waals surface area contributed by atoms with Gasteiger partial charge >= 0.3 is 0 Å². The van der Waals surface area contributed by atoms with Crippen molar-refractivity contribution in [1.82, 2.24) is 0 Å². The molecular weight excluding hydrogens is 108 g/mol. The molecule has 0 unspecified atom stereocenters. The van der Waals surface area contributed by atoms with E-state index >= 15 is 0 Å². The largest absolute Gasteiger partial charge is 0.194 e. The normalized spacial score (nSPS) is 17.0. The smallest absolute Gasteiger partial charge is 0.107 e. The van der Waals surface area contributed by atoms with Crippen molar-refractivity contribution in [2.24, 2.45) is 9.39 Å². The summed E-state index contributed by atoms with van der Waals surface area (Å²) in [5.41, 5.74) is 0. The van der Waals surface area contributed by atoms with E-state index in [2.05, 4.69) is 15.4 Å². The standard InChI is InChI=1S/C4H4N2S/c1-4-2-5-3-6-7-4/h2H,1H3. The summed E-state index contributed by atoms with van der Waals surface area (Å²) >= 11 is 1.40. The topological polar surface area (TPSA) is 24.7 Å². The molecule has 0 aromatic rings. The van der Waals surface area contributed by atoms with Crippen LogP contribution in [0.25, 0.3) is 0 Å². The van der Waals surface area contributed by atoms with Crippen LogP contribution in [0.5, 0.6) is 0 Å². The summed E-state index contributed by atoms with van der Waals surface area (Å²) in [6.45, 7) is 1.96. The van der Waals surface area contributed by atoms with Crippen molar-refractivity contribution in [3.63, 3.8) is 0 Å². The van der Waals surface area contributed by atoms with E-state index in [-0.39, 0.29) is 0 Å². The zero-order chi connectivity index (χ0) is 5.11. The van der Waals surface area contributed by atoms with Gasteiger partial charge in [0.2, 0.25) is 0 Å². The number of rotatable bonds is 0. The van der Waals surface area contributed by atoms with Gasteiger partial charge in [-0.05, 0) is 6.92 Å². The lowest BCUT2D eigenvalue weighted by molar-refractivity contribution is 1.50. The van der Waals surface area contributed by atoms with E-state index in [1.807, 2.05) is 6.92 Å². The zero-order valence-corrected chi connectivity index (χ0v) is 4.70. The second-order valence-corrected chi connectivity index (χ2v) is 2.16. The van der Waals surface area contributed by atoms with Gasteiger partial charge in [0.25, 0.3) is 0 Å². The van der Waals surface area contributed by atoms with Crippen LogP contribution >= 0.6 is 11.9 Å². The Morgan fingerprint density at radius 1 is 1.86 bits per heavy atom. The Bertz CT molecular complexity index is 153. The molecule has 1 aliphatic heterocycles. The van der Waals surface area contributed by atoms with Gasteiger partial charge in [0.15, 0.2) is 0 Å². The highest BCUT2D eigenvalue weighted by Gasteiger charge is 1.86. The van der Waals surface area contributed by atoms with Crippen LogP contribution in [0.1, 0.15) is 6.92 Å². The molecule has 7 heavy (non-hydrogen) atoms. The minimum Gasteiger partial charge on any atom is -0.194 e. The van der Waals surface area contributed by atoms with E-state index < -0.39 is 0 Å². The van der Waals surface area contributed by atoms with Crippen molar-refractivity contribution < 1.29 is 0 Å². The van der Waals surface area contributed by atoms with Gasteiger partial charge < -0.3 is 0 Å². The fourth-order valence-electron chi connectivity index (χ4n) is 0.259. The Balaban J connectivity index is 2.77. The molecule has 1 rings (SSSR count). The van der Waals surface area contributed by atoms with Gasteiger partial charge in [0, 0.05) is 23.1 Å². The van der Waals surface area contributed by atoms with Crippen molar-refractivity contribution >= 4 is 18.0 Å². The second-order valence-electron chi connectivity index (χ2n) is 1.15. The van der Waals surface area contributed by atoms with E-state index in [0.717, 1.165) is 4.91 Å². The molecule has 0 aromatic heterocycles. The molecule has 2 nitrogen and oxygen atoms in total. The van der Waals surface area contributed by atoms with E-state index in [1.165, 1.54) is 11.9 Å². The molecule has 0 radical (unpaired) electrons. The first-order chi connectivity index (χ1) is 3.39. The summed E-state index contributed by atoms with van der Waals surface area (Å²) in [6.07, 6.45) is 1.73. The first kappa shape index (κ1) is 4.62. The third-order valence-corrected chi connectivity index (χ3v) is 1.10. The van der Waals surface area contributed by atoms with Gasteiger partial charge in [-0.2, -0.15) is 4.99 Å². The first-order valence-corrected chi connectivity index (χ1v) is 2.65. The van der Waals surface area contributed by atoms with Gasteiger partial charge in [-0.25, -0.2) is 0 Å². The maximum atomic E-state index is 3.69. The molecule has 1 heterocycles. The molecule has 0 saturated heterocycles. The fourth-order valence-corrected chi connectivity index (χ4v) is 0.591. The molecule has 0 aliphatic carbocycles. The number of hydrogen-bond acceptors (Lipinski definition) is 3. The number of nitrogens with zero attached hydrogens (tertiary/aromatic N) is 2. The van der Waals surface area contributed by atoms with Crippen LogP contribution in [0.4, 0.5) is 0 Å². The Morgan fingerprint density at radius 2 is 2.71 bits per heavy atom. The van der Waals surface area contributed by atoms with Crippen LogP contribution in [0.15, 0.2) is 20.5 Å². The molecule has 36 valence electrons. The molecule has 0 fully saturated rings. The van der Waals surface area contributed by atoms with E-state index in [4.69, 9.17) is 0 Å². The summed E-state index contributed by atoms with van der Waals surface area (Å²) < 4.78 is 3.69. The Morgan fingerprint density at radius 3 is 3.00 bits per heavy atom. The second kappa shape index (κ2) is 1.96. The highest BCUT2D eigenvalue weighted by atomic mass is 32.2. The molecule has 0 amide bonds.